The lowest BCUT2D eigenvalue weighted by molar-refractivity contribution is 0.0411. The lowest BCUT2D eigenvalue weighted by Gasteiger charge is -2.34. The normalized spacial score (nSPS) is 33.2. The average molecular weight is 244 g/mol. The summed E-state index contributed by atoms with van der Waals surface area (Å²) in [7, 11) is 0. The first kappa shape index (κ1) is 12.7. The molecule has 2 atom stereocenters. The highest BCUT2D eigenvalue weighted by molar-refractivity contribution is 8.00. The fourth-order valence-corrected chi connectivity index (χ4v) is 4.01. The highest BCUT2D eigenvalue weighted by Crippen LogP contribution is 2.34. The molecule has 2 heterocycles. The van der Waals surface area contributed by atoms with Gasteiger partial charge in [-0.15, -0.1) is 0 Å². The van der Waals surface area contributed by atoms with Crippen molar-refractivity contribution in [2.45, 2.75) is 43.6 Å². The summed E-state index contributed by atoms with van der Waals surface area (Å²) < 4.78 is 11.1. The molecule has 2 aliphatic heterocycles. The van der Waals surface area contributed by atoms with Gasteiger partial charge in [-0.05, 0) is 31.1 Å². The highest BCUT2D eigenvalue weighted by atomic mass is 32.2. The lowest BCUT2D eigenvalue weighted by atomic mass is 9.90. The van der Waals surface area contributed by atoms with Crippen LogP contribution in [0.15, 0.2) is 0 Å². The molecule has 0 N–H and O–H groups in total. The van der Waals surface area contributed by atoms with E-state index in [2.05, 4.69) is 25.6 Å². The maximum atomic E-state index is 5.75. The molecule has 94 valence electrons. The Morgan fingerprint density at radius 1 is 1.00 bits per heavy atom. The Morgan fingerprint density at radius 2 is 1.75 bits per heavy atom. The van der Waals surface area contributed by atoms with Crippen LogP contribution >= 0.6 is 11.8 Å². The number of hydrogen-bond acceptors (Lipinski definition) is 3. The number of thioether (sulfide) groups is 1. The average Bonchev–Trinajstić information content (AvgIpc) is 2.30. The Morgan fingerprint density at radius 3 is 2.44 bits per heavy atom. The minimum Gasteiger partial charge on any atom is -0.381 e. The van der Waals surface area contributed by atoms with Crippen molar-refractivity contribution >= 4 is 11.8 Å². The molecule has 0 bridgehead atoms. The minimum atomic E-state index is 0.726. The van der Waals surface area contributed by atoms with Gasteiger partial charge in [0.2, 0.25) is 0 Å². The molecule has 0 aliphatic carbocycles. The Bertz CT molecular complexity index is 202. The summed E-state index contributed by atoms with van der Waals surface area (Å²) in [6, 6.07) is 0. The molecular weight excluding hydrogens is 220 g/mol. The van der Waals surface area contributed by atoms with Crippen molar-refractivity contribution in [1.82, 2.24) is 0 Å². The second-order valence-corrected chi connectivity index (χ2v) is 6.95. The molecule has 2 aliphatic rings. The fourth-order valence-electron chi connectivity index (χ4n) is 2.47. The van der Waals surface area contributed by atoms with Gasteiger partial charge in [-0.2, -0.15) is 11.8 Å². The molecule has 0 aromatic heterocycles. The third kappa shape index (κ3) is 3.64. The standard InChI is InChI=1S/C13H24O2S/c1-10(2)11-7-13(9-15-8-11)16-12-3-5-14-6-4-12/h10-13H,3-9H2,1-2H3. The van der Waals surface area contributed by atoms with E-state index < -0.39 is 0 Å². The Hall–Kier alpha value is 0.270. The van der Waals surface area contributed by atoms with Crippen LogP contribution in [0.2, 0.25) is 0 Å². The largest absolute Gasteiger partial charge is 0.381 e. The number of rotatable bonds is 3. The molecule has 2 saturated heterocycles. The molecule has 2 rings (SSSR count). The predicted octanol–water partition coefficient (Wildman–Crippen LogP) is 2.96. The van der Waals surface area contributed by atoms with Gasteiger partial charge in [0.1, 0.15) is 0 Å². The second kappa shape index (κ2) is 6.27. The molecular formula is C13H24O2S. The zero-order valence-electron chi connectivity index (χ0n) is 10.5. The lowest BCUT2D eigenvalue weighted by Crippen LogP contribution is -2.32. The second-order valence-electron chi connectivity index (χ2n) is 5.35. The predicted molar refractivity (Wildman–Crippen MR) is 69.0 cm³/mol. The maximum Gasteiger partial charge on any atom is 0.0585 e. The van der Waals surface area contributed by atoms with Crippen LogP contribution in [0.1, 0.15) is 33.1 Å². The van der Waals surface area contributed by atoms with Crippen molar-refractivity contribution in [3.63, 3.8) is 0 Å². The van der Waals surface area contributed by atoms with E-state index in [0.717, 1.165) is 48.8 Å². The van der Waals surface area contributed by atoms with Crippen LogP contribution in [0.4, 0.5) is 0 Å². The summed E-state index contributed by atoms with van der Waals surface area (Å²) in [6.07, 6.45) is 3.81. The van der Waals surface area contributed by atoms with Crippen molar-refractivity contribution in [3.8, 4) is 0 Å². The SMILES string of the molecule is CC(C)C1COCC(SC2CCOCC2)C1. The topological polar surface area (TPSA) is 18.5 Å². The summed E-state index contributed by atoms with van der Waals surface area (Å²) in [6.45, 7) is 8.48. The molecule has 0 saturated carbocycles. The summed E-state index contributed by atoms with van der Waals surface area (Å²) in [4.78, 5) is 0. The van der Waals surface area contributed by atoms with E-state index >= 15 is 0 Å². The maximum absolute atomic E-state index is 5.75. The van der Waals surface area contributed by atoms with Crippen molar-refractivity contribution < 1.29 is 9.47 Å². The molecule has 0 aromatic rings. The van der Waals surface area contributed by atoms with Gasteiger partial charge in [-0.25, -0.2) is 0 Å². The van der Waals surface area contributed by atoms with Crippen LogP contribution in [-0.2, 0) is 9.47 Å². The summed E-state index contributed by atoms with van der Waals surface area (Å²) >= 11 is 2.16. The van der Waals surface area contributed by atoms with Crippen molar-refractivity contribution in [2.75, 3.05) is 26.4 Å². The smallest absolute Gasteiger partial charge is 0.0585 e. The van der Waals surface area contributed by atoms with Crippen molar-refractivity contribution in [3.05, 3.63) is 0 Å². The molecule has 2 unspecified atom stereocenters. The summed E-state index contributed by atoms with van der Waals surface area (Å²) in [5, 5.41) is 1.54. The van der Waals surface area contributed by atoms with Gasteiger partial charge in [0, 0.05) is 30.3 Å². The van der Waals surface area contributed by atoms with Crippen molar-refractivity contribution in [1.29, 1.82) is 0 Å². The molecule has 16 heavy (non-hydrogen) atoms. The van der Waals surface area contributed by atoms with Gasteiger partial charge in [-0.1, -0.05) is 13.8 Å². The summed E-state index contributed by atoms with van der Waals surface area (Å²) in [5.74, 6) is 1.53. The van der Waals surface area contributed by atoms with Crippen LogP contribution in [0.3, 0.4) is 0 Å². The molecule has 0 aromatic carbocycles. The van der Waals surface area contributed by atoms with E-state index in [9.17, 15) is 0 Å². The van der Waals surface area contributed by atoms with E-state index in [1.807, 2.05) is 0 Å². The van der Waals surface area contributed by atoms with E-state index in [-0.39, 0.29) is 0 Å². The first-order chi connectivity index (χ1) is 7.75. The zero-order valence-corrected chi connectivity index (χ0v) is 11.3. The van der Waals surface area contributed by atoms with Gasteiger partial charge in [0.15, 0.2) is 0 Å². The Labute approximate surface area is 103 Å². The van der Waals surface area contributed by atoms with Gasteiger partial charge < -0.3 is 9.47 Å². The van der Waals surface area contributed by atoms with E-state index in [1.165, 1.54) is 19.3 Å². The van der Waals surface area contributed by atoms with Crippen LogP contribution in [0.5, 0.6) is 0 Å². The summed E-state index contributed by atoms with van der Waals surface area (Å²) in [5.41, 5.74) is 0. The van der Waals surface area contributed by atoms with Crippen LogP contribution in [0, 0.1) is 11.8 Å². The number of hydrogen-bond donors (Lipinski definition) is 0. The third-order valence-corrected chi connectivity index (χ3v) is 5.27. The molecule has 2 fully saturated rings. The molecule has 0 amide bonds. The number of ether oxygens (including phenoxy) is 2. The third-order valence-electron chi connectivity index (χ3n) is 3.70. The molecule has 0 radical (unpaired) electrons. The van der Waals surface area contributed by atoms with Gasteiger partial charge in [0.05, 0.1) is 6.61 Å². The monoisotopic (exact) mass is 244 g/mol. The Balaban J connectivity index is 1.75. The van der Waals surface area contributed by atoms with Crippen LogP contribution < -0.4 is 0 Å². The fraction of sp³-hybridized carbons (Fsp3) is 1.00. The highest BCUT2D eigenvalue weighted by Gasteiger charge is 2.27. The van der Waals surface area contributed by atoms with Crippen LogP contribution in [0.25, 0.3) is 0 Å². The quantitative estimate of drug-likeness (QED) is 0.760. The minimum absolute atomic E-state index is 0.726. The zero-order chi connectivity index (χ0) is 11.4. The Kier molecular flexibility index (Phi) is 4.98. The van der Waals surface area contributed by atoms with Crippen molar-refractivity contribution in [2.24, 2.45) is 11.8 Å². The molecule has 0 spiro atoms. The van der Waals surface area contributed by atoms with Crippen LogP contribution in [-0.4, -0.2) is 36.9 Å². The van der Waals surface area contributed by atoms with E-state index in [4.69, 9.17) is 9.47 Å². The van der Waals surface area contributed by atoms with Gasteiger partial charge in [0.25, 0.3) is 0 Å². The first-order valence-corrected chi connectivity index (χ1v) is 7.51. The van der Waals surface area contributed by atoms with Gasteiger partial charge in [-0.3, -0.25) is 0 Å². The first-order valence-electron chi connectivity index (χ1n) is 6.56. The van der Waals surface area contributed by atoms with Gasteiger partial charge >= 0.3 is 0 Å². The van der Waals surface area contributed by atoms with E-state index in [0.29, 0.717) is 0 Å². The molecule has 3 heteroatoms. The molecule has 2 nitrogen and oxygen atoms in total. The van der Waals surface area contributed by atoms with E-state index in [1.54, 1.807) is 0 Å².